The third-order valence-electron chi connectivity index (χ3n) is 6.78. The molecule has 1 aliphatic rings. The number of esters is 1. The minimum Gasteiger partial charge on any atom is -0.462 e. The zero-order chi connectivity index (χ0) is 26.4. The van der Waals surface area contributed by atoms with Crippen molar-refractivity contribution in [1.29, 1.82) is 0 Å². The van der Waals surface area contributed by atoms with Crippen molar-refractivity contribution in [2.24, 2.45) is 11.8 Å². The second-order valence-corrected chi connectivity index (χ2v) is 10.5. The van der Waals surface area contributed by atoms with E-state index in [4.69, 9.17) is 16.3 Å². The lowest BCUT2D eigenvalue weighted by Gasteiger charge is -2.38. The van der Waals surface area contributed by atoms with Crippen LogP contribution >= 0.6 is 11.6 Å². The molecule has 0 saturated carbocycles. The first-order chi connectivity index (χ1) is 17.8. The third kappa shape index (κ3) is 6.92. The van der Waals surface area contributed by atoms with Crippen LogP contribution in [0.2, 0.25) is 5.02 Å². The highest BCUT2D eigenvalue weighted by atomic mass is 35.5. The molecule has 0 bridgehead atoms. The Morgan fingerprint density at radius 2 is 1.68 bits per heavy atom. The van der Waals surface area contributed by atoms with Crippen molar-refractivity contribution in [2.75, 3.05) is 24.6 Å². The largest absolute Gasteiger partial charge is 0.462 e. The lowest BCUT2D eigenvalue weighted by Crippen LogP contribution is -2.40. The van der Waals surface area contributed by atoms with Crippen LogP contribution in [-0.4, -0.2) is 31.6 Å². The molecule has 4 rings (SSSR count). The van der Waals surface area contributed by atoms with E-state index in [2.05, 4.69) is 30.1 Å². The molecule has 0 aliphatic carbocycles. The summed E-state index contributed by atoms with van der Waals surface area (Å²) in [6, 6.07) is 22.6. The molecule has 5 nitrogen and oxygen atoms in total. The maximum atomic E-state index is 13.3. The predicted molar refractivity (Wildman–Crippen MR) is 149 cm³/mol. The summed E-state index contributed by atoms with van der Waals surface area (Å²) in [5.74, 6) is 0.714. The van der Waals surface area contributed by atoms with Crippen molar-refractivity contribution in [3.63, 3.8) is 0 Å². The van der Waals surface area contributed by atoms with Gasteiger partial charge in [0, 0.05) is 29.4 Å². The number of benzene rings is 3. The SMILES string of the molecule is CCOC(=O)c1ccc(CC(=O)NC(c2ccccc2)c2cc(Cl)ccc2N2C[C@H](C)C[C@H](C)C2)cc1. The Morgan fingerprint density at radius 1 is 1.00 bits per heavy atom. The van der Waals surface area contributed by atoms with Gasteiger partial charge in [-0.15, -0.1) is 0 Å². The number of anilines is 1. The summed E-state index contributed by atoms with van der Waals surface area (Å²) in [5, 5.41) is 3.91. The fraction of sp³-hybridized carbons (Fsp3) is 0.355. The molecular weight excluding hydrogens is 484 g/mol. The first-order valence-corrected chi connectivity index (χ1v) is 13.4. The third-order valence-corrected chi connectivity index (χ3v) is 7.01. The minimum absolute atomic E-state index is 0.107. The van der Waals surface area contributed by atoms with Crippen LogP contribution in [0.5, 0.6) is 0 Å². The van der Waals surface area contributed by atoms with Crippen LogP contribution in [0, 0.1) is 11.8 Å². The van der Waals surface area contributed by atoms with Gasteiger partial charge in [-0.05, 0) is 66.6 Å². The summed E-state index contributed by atoms with van der Waals surface area (Å²) in [4.78, 5) is 27.7. The molecular formula is C31H35ClN2O3. The van der Waals surface area contributed by atoms with E-state index < -0.39 is 0 Å². The van der Waals surface area contributed by atoms with Crippen molar-refractivity contribution in [3.8, 4) is 0 Å². The van der Waals surface area contributed by atoms with Gasteiger partial charge in [0.25, 0.3) is 0 Å². The first kappa shape index (κ1) is 26.7. The topological polar surface area (TPSA) is 58.6 Å². The molecule has 0 spiro atoms. The van der Waals surface area contributed by atoms with E-state index in [0.29, 0.717) is 29.0 Å². The number of halogens is 1. The second kappa shape index (κ2) is 12.3. The van der Waals surface area contributed by atoms with Crippen molar-refractivity contribution >= 4 is 29.2 Å². The summed E-state index contributed by atoms with van der Waals surface area (Å²) in [6.45, 7) is 8.63. The first-order valence-electron chi connectivity index (χ1n) is 13.0. The van der Waals surface area contributed by atoms with Crippen LogP contribution < -0.4 is 10.2 Å². The van der Waals surface area contributed by atoms with Gasteiger partial charge in [-0.3, -0.25) is 4.79 Å². The van der Waals surface area contributed by atoms with Crippen LogP contribution in [-0.2, 0) is 16.0 Å². The van der Waals surface area contributed by atoms with E-state index in [1.54, 1.807) is 31.2 Å². The minimum atomic E-state index is -0.363. The smallest absolute Gasteiger partial charge is 0.338 e. The van der Waals surface area contributed by atoms with Crippen molar-refractivity contribution in [3.05, 3.63) is 100 Å². The number of nitrogens with zero attached hydrogens (tertiary/aromatic N) is 1. The molecule has 3 aromatic rings. The molecule has 1 N–H and O–H groups in total. The number of piperidine rings is 1. The molecule has 0 aromatic heterocycles. The number of amides is 1. The van der Waals surface area contributed by atoms with Crippen molar-refractivity contribution in [1.82, 2.24) is 5.32 Å². The van der Waals surface area contributed by atoms with Crippen LogP contribution in [0.15, 0.2) is 72.8 Å². The number of carbonyl (C=O) groups excluding carboxylic acids is 2. The van der Waals surface area contributed by atoms with Crippen LogP contribution in [0.4, 0.5) is 5.69 Å². The average molecular weight is 519 g/mol. The monoisotopic (exact) mass is 518 g/mol. The molecule has 1 aliphatic heterocycles. The number of nitrogens with one attached hydrogen (secondary N) is 1. The summed E-state index contributed by atoms with van der Waals surface area (Å²) in [5.41, 5.74) is 4.39. The predicted octanol–water partition coefficient (Wildman–Crippen LogP) is 6.45. The summed E-state index contributed by atoms with van der Waals surface area (Å²) >= 11 is 6.50. The normalized spacial score (nSPS) is 18.2. The van der Waals surface area contributed by atoms with E-state index in [9.17, 15) is 9.59 Å². The molecule has 6 heteroatoms. The fourth-order valence-corrected chi connectivity index (χ4v) is 5.44. The van der Waals surface area contributed by atoms with Crippen LogP contribution in [0.25, 0.3) is 0 Å². The van der Waals surface area contributed by atoms with E-state index >= 15 is 0 Å². The van der Waals surface area contributed by atoms with Gasteiger partial charge < -0.3 is 15.0 Å². The number of hydrogen-bond acceptors (Lipinski definition) is 4. The highest BCUT2D eigenvalue weighted by molar-refractivity contribution is 6.30. The van der Waals surface area contributed by atoms with E-state index in [0.717, 1.165) is 35.5 Å². The fourth-order valence-electron chi connectivity index (χ4n) is 5.26. The maximum Gasteiger partial charge on any atom is 0.338 e. The van der Waals surface area contributed by atoms with Crippen molar-refractivity contribution < 1.29 is 14.3 Å². The number of rotatable bonds is 8. The molecule has 37 heavy (non-hydrogen) atoms. The molecule has 194 valence electrons. The average Bonchev–Trinajstić information content (AvgIpc) is 2.88. The Kier molecular flexibility index (Phi) is 8.88. The Labute approximate surface area is 224 Å². The molecule has 1 fully saturated rings. The lowest BCUT2D eigenvalue weighted by atomic mass is 9.89. The van der Waals surface area contributed by atoms with Gasteiger partial charge in [0.1, 0.15) is 0 Å². The van der Waals surface area contributed by atoms with E-state index in [1.165, 1.54) is 6.42 Å². The summed E-state index contributed by atoms with van der Waals surface area (Å²) < 4.78 is 5.05. The quantitative estimate of drug-likeness (QED) is 0.348. The Bertz CT molecular complexity index is 1200. The molecule has 1 heterocycles. The standard InChI is InChI=1S/C31H35ClN2O3/c1-4-37-31(36)25-12-10-23(11-13-25)17-29(35)33-30(24-8-6-5-7-9-24)27-18-26(32)14-15-28(27)34-19-21(2)16-22(3)20-34/h5-15,18,21-22,30H,4,16-17,19-20H2,1-3H3,(H,33,35)/t21-,22+,30?. The number of hydrogen-bond donors (Lipinski definition) is 1. The van der Waals surface area contributed by atoms with Crippen molar-refractivity contribution in [2.45, 2.75) is 39.7 Å². The second-order valence-electron chi connectivity index (χ2n) is 10.1. The molecule has 3 atom stereocenters. The lowest BCUT2D eigenvalue weighted by molar-refractivity contribution is -0.120. The molecule has 1 unspecified atom stereocenters. The molecule has 1 saturated heterocycles. The Balaban J connectivity index is 1.61. The van der Waals surface area contributed by atoms with E-state index in [-0.39, 0.29) is 24.3 Å². The Hall–Kier alpha value is -3.31. The van der Waals surface area contributed by atoms with Crippen LogP contribution in [0.3, 0.4) is 0 Å². The zero-order valence-corrected chi connectivity index (χ0v) is 22.5. The van der Waals surface area contributed by atoms with E-state index in [1.807, 2.05) is 42.5 Å². The van der Waals surface area contributed by atoms with Gasteiger partial charge in [0.15, 0.2) is 0 Å². The zero-order valence-electron chi connectivity index (χ0n) is 21.7. The van der Waals surface area contributed by atoms with Crippen LogP contribution in [0.1, 0.15) is 60.3 Å². The van der Waals surface area contributed by atoms with Gasteiger partial charge in [-0.25, -0.2) is 4.79 Å². The van der Waals surface area contributed by atoms with Gasteiger partial charge in [-0.2, -0.15) is 0 Å². The molecule has 1 amide bonds. The Morgan fingerprint density at radius 3 is 2.32 bits per heavy atom. The number of ether oxygens (including phenoxy) is 1. The van der Waals surface area contributed by atoms with Gasteiger partial charge in [0.2, 0.25) is 5.91 Å². The maximum absolute atomic E-state index is 13.3. The number of carbonyl (C=O) groups is 2. The van der Waals surface area contributed by atoms with Gasteiger partial charge >= 0.3 is 5.97 Å². The summed E-state index contributed by atoms with van der Waals surface area (Å²) in [7, 11) is 0. The summed E-state index contributed by atoms with van der Waals surface area (Å²) in [6.07, 6.45) is 1.41. The highest BCUT2D eigenvalue weighted by Crippen LogP contribution is 2.36. The molecule has 3 aromatic carbocycles. The van der Waals surface area contributed by atoms with Gasteiger partial charge in [-0.1, -0.05) is 67.9 Å². The highest BCUT2D eigenvalue weighted by Gasteiger charge is 2.27. The van der Waals surface area contributed by atoms with Gasteiger partial charge in [0.05, 0.1) is 24.6 Å². The molecule has 0 radical (unpaired) electrons.